The standard InChI is InChI=1S/C11H17N3O3/c1-2-16-10(15)4-3-9-7-13-14(8-9)11-12-5-6-17-11/h7-8,11-12H,2-6H2,1H3. The number of carbonyl (C=O) groups is 1. The van der Waals surface area contributed by atoms with Gasteiger partial charge in [0.1, 0.15) is 0 Å². The van der Waals surface area contributed by atoms with E-state index in [1.165, 1.54) is 0 Å². The van der Waals surface area contributed by atoms with Crippen LogP contribution in [0, 0.1) is 0 Å². The fourth-order valence-electron chi connectivity index (χ4n) is 1.70. The lowest BCUT2D eigenvalue weighted by molar-refractivity contribution is -0.143. The molecule has 1 aromatic rings. The minimum Gasteiger partial charge on any atom is -0.466 e. The summed E-state index contributed by atoms with van der Waals surface area (Å²) in [5.41, 5.74) is 1.01. The number of ether oxygens (including phenoxy) is 2. The van der Waals surface area contributed by atoms with E-state index < -0.39 is 0 Å². The first-order valence-electron chi connectivity index (χ1n) is 5.83. The maximum Gasteiger partial charge on any atom is 0.306 e. The largest absolute Gasteiger partial charge is 0.466 e. The van der Waals surface area contributed by atoms with E-state index in [1.807, 2.05) is 6.20 Å². The Hall–Kier alpha value is -1.40. The molecule has 6 nitrogen and oxygen atoms in total. The van der Waals surface area contributed by atoms with Crippen molar-refractivity contribution in [3.05, 3.63) is 18.0 Å². The average molecular weight is 239 g/mol. The molecule has 0 aromatic carbocycles. The van der Waals surface area contributed by atoms with E-state index in [9.17, 15) is 4.79 Å². The van der Waals surface area contributed by atoms with Crippen LogP contribution in [0.15, 0.2) is 12.4 Å². The van der Waals surface area contributed by atoms with Crippen LogP contribution in [0.25, 0.3) is 0 Å². The Bertz CT molecular complexity index is 372. The molecule has 1 N–H and O–H groups in total. The molecule has 0 aliphatic carbocycles. The minimum absolute atomic E-state index is 0.171. The Morgan fingerprint density at radius 2 is 2.65 bits per heavy atom. The number of hydrogen-bond acceptors (Lipinski definition) is 5. The van der Waals surface area contributed by atoms with Gasteiger partial charge in [-0.05, 0) is 18.9 Å². The first kappa shape index (κ1) is 12.1. The third kappa shape index (κ3) is 3.28. The van der Waals surface area contributed by atoms with Crippen LogP contribution in [-0.2, 0) is 20.7 Å². The van der Waals surface area contributed by atoms with Gasteiger partial charge in [-0.25, -0.2) is 4.68 Å². The lowest BCUT2D eigenvalue weighted by Gasteiger charge is -2.09. The summed E-state index contributed by atoms with van der Waals surface area (Å²) in [6.45, 7) is 3.77. The number of aryl methyl sites for hydroxylation is 1. The zero-order chi connectivity index (χ0) is 12.1. The van der Waals surface area contributed by atoms with E-state index >= 15 is 0 Å². The predicted octanol–water partition coefficient (Wildman–Crippen LogP) is 0.455. The number of nitrogens with zero attached hydrogens (tertiary/aromatic N) is 2. The number of rotatable bonds is 5. The Morgan fingerprint density at radius 1 is 1.76 bits per heavy atom. The second kappa shape index (κ2) is 5.79. The van der Waals surface area contributed by atoms with Gasteiger partial charge in [-0.2, -0.15) is 5.10 Å². The van der Waals surface area contributed by atoms with Crippen molar-refractivity contribution in [2.75, 3.05) is 19.8 Å². The van der Waals surface area contributed by atoms with Crippen LogP contribution in [0.5, 0.6) is 0 Å². The van der Waals surface area contributed by atoms with Crippen molar-refractivity contribution in [1.29, 1.82) is 0 Å². The first-order valence-corrected chi connectivity index (χ1v) is 5.83. The van der Waals surface area contributed by atoms with Crippen molar-refractivity contribution >= 4 is 5.97 Å². The normalized spacial score (nSPS) is 19.5. The van der Waals surface area contributed by atoms with Crippen molar-refractivity contribution < 1.29 is 14.3 Å². The number of aromatic nitrogens is 2. The SMILES string of the molecule is CCOC(=O)CCc1cnn(C2NCCO2)c1. The molecule has 1 aliphatic heterocycles. The minimum atomic E-state index is -0.175. The maximum absolute atomic E-state index is 11.2. The Labute approximate surface area is 99.9 Å². The lowest BCUT2D eigenvalue weighted by atomic mass is 10.2. The smallest absolute Gasteiger partial charge is 0.306 e. The molecule has 0 saturated carbocycles. The molecule has 6 heteroatoms. The Kier molecular flexibility index (Phi) is 4.11. The van der Waals surface area contributed by atoms with Gasteiger partial charge < -0.3 is 9.47 Å². The van der Waals surface area contributed by atoms with Crippen LogP contribution >= 0.6 is 0 Å². The summed E-state index contributed by atoms with van der Waals surface area (Å²) in [4.78, 5) is 11.2. The molecule has 94 valence electrons. The van der Waals surface area contributed by atoms with E-state index in [1.54, 1.807) is 17.8 Å². The Balaban J connectivity index is 1.83. The molecule has 2 rings (SSSR count). The van der Waals surface area contributed by atoms with Gasteiger partial charge in [-0.15, -0.1) is 0 Å². The van der Waals surface area contributed by atoms with Gasteiger partial charge in [0, 0.05) is 19.2 Å². The van der Waals surface area contributed by atoms with Crippen molar-refractivity contribution in [2.24, 2.45) is 0 Å². The third-order valence-electron chi connectivity index (χ3n) is 2.52. The molecule has 0 spiro atoms. The fraction of sp³-hybridized carbons (Fsp3) is 0.636. The van der Waals surface area contributed by atoms with Crippen LogP contribution in [0.4, 0.5) is 0 Å². The Morgan fingerprint density at radius 3 is 3.35 bits per heavy atom. The second-order valence-electron chi connectivity index (χ2n) is 3.81. The fourth-order valence-corrected chi connectivity index (χ4v) is 1.70. The summed E-state index contributed by atoms with van der Waals surface area (Å²) in [7, 11) is 0. The van der Waals surface area contributed by atoms with Crippen LogP contribution in [0.1, 0.15) is 25.3 Å². The van der Waals surface area contributed by atoms with Gasteiger partial charge in [-0.1, -0.05) is 0 Å². The van der Waals surface area contributed by atoms with Crippen molar-refractivity contribution in [3.63, 3.8) is 0 Å². The zero-order valence-electron chi connectivity index (χ0n) is 9.89. The molecule has 1 fully saturated rings. The molecule has 1 unspecified atom stereocenters. The molecule has 1 aromatic heterocycles. The monoisotopic (exact) mass is 239 g/mol. The third-order valence-corrected chi connectivity index (χ3v) is 2.52. The molecule has 0 amide bonds. The highest BCUT2D eigenvalue weighted by Gasteiger charge is 2.17. The maximum atomic E-state index is 11.2. The summed E-state index contributed by atoms with van der Waals surface area (Å²) in [5.74, 6) is -0.171. The molecule has 0 radical (unpaired) electrons. The van der Waals surface area contributed by atoms with Crippen LogP contribution in [0.3, 0.4) is 0 Å². The van der Waals surface area contributed by atoms with Gasteiger partial charge >= 0.3 is 5.97 Å². The first-order chi connectivity index (χ1) is 8.29. The molecule has 2 heterocycles. The van der Waals surface area contributed by atoms with E-state index in [4.69, 9.17) is 9.47 Å². The molecule has 1 atom stereocenters. The number of carbonyl (C=O) groups excluding carboxylic acids is 1. The lowest BCUT2D eigenvalue weighted by Crippen LogP contribution is -2.21. The molecular weight excluding hydrogens is 222 g/mol. The van der Waals surface area contributed by atoms with E-state index in [0.29, 0.717) is 26.1 Å². The van der Waals surface area contributed by atoms with Gasteiger partial charge in [0.25, 0.3) is 0 Å². The molecule has 1 aliphatic rings. The molecule has 1 saturated heterocycles. The van der Waals surface area contributed by atoms with Gasteiger partial charge in [-0.3, -0.25) is 10.1 Å². The van der Waals surface area contributed by atoms with Crippen LogP contribution in [-0.4, -0.2) is 35.5 Å². The number of hydrogen-bond donors (Lipinski definition) is 1. The van der Waals surface area contributed by atoms with E-state index in [0.717, 1.165) is 12.1 Å². The van der Waals surface area contributed by atoms with E-state index in [-0.39, 0.29) is 12.3 Å². The predicted molar refractivity (Wildman–Crippen MR) is 60.2 cm³/mol. The molecular formula is C11H17N3O3. The topological polar surface area (TPSA) is 65.4 Å². The van der Waals surface area contributed by atoms with Crippen molar-refractivity contribution in [3.8, 4) is 0 Å². The summed E-state index contributed by atoms with van der Waals surface area (Å²) < 4.78 is 12.0. The van der Waals surface area contributed by atoms with E-state index in [2.05, 4.69) is 10.4 Å². The van der Waals surface area contributed by atoms with Crippen molar-refractivity contribution in [2.45, 2.75) is 26.1 Å². The summed E-state index contributed by atoms with van der Waals surface area (Å²) in [6, 6.07) is 0. The highest BCUT2D eigenvalue weighted by molar-refractivity contribution is 5.69. The highest BCUT2D eigenvalue weighted by Crippen LogP contribution is 2.11. The van der Waals surface area contributed by atoms with Gasteiger partial charge in [0.2, 0.25) is 6.35 Å². The van der Waals surface area contributed by atoms with Crippen LogP contribution in [0.2, 0.25) is 0 Å². The second-order valence-corrected chi connectivity index (χ2v) is 3.81. The van der Waals surface area contributed by atoms with Crippen LogP contribution < -0.4 is 5.32 Å². The molecule has 0 bridgehead atoms. The zero-order valence-corrected chi connectivity index (χ0v) is 9.89. The van der Waals surface area contributed by atoms with Gasteiger partial charge in [0.15, 0.2) is 0 Å². The highest BCUT2D eigenvalue weighted by atomic mass is 16.5. The summed E-state index contributed by atoms with van der Waals surface area (Å²) >= 11 is 0. The van der Waals surface area contributed by atoms with Gasteiger partial charge in [0.05, 0.1) is 19.4 Å². The summed E-state index contributed by atoms with van der Waals surface area (Å²) in [6.07, 6.45) is 4.50. The average Bonchev–Trinajstić information content (AvgIpc) is 2.97. The quantitative estimate of drug-likeness (QED) is 0.756. The number of esters is 1. The van der Waals surface area contributed by atoms with Crippen molar-refractivity contribution in [1.82, 2.24) is 15.1 Å². The molecule has 17 heavy (non-hydrogen) atoms. The summed E-state index contributed by atoms with van der Waals surface area (Å²) in [5, 5.41) is 7.36. The number of nitrogens with one attached hydrogen (secondary N) is 1.